The predicted molar refractivity (Wildman–Crippen MR) is 141 cm³/mol. The van der Waals surface area contributed by atoms with Gasteiger partial charge in [-0.2, -0.15) is 10.3 Å². The third kappa shape index (κ3) is 4.03. The first kappa shape index (κ1) is 27.8. The molecular formula is C21H14Cl3N5O7P2. The van der Waals surface area contributed by atoms with E-state index in [1.54, 1.807) is 30.3 Å². The van der Waals surface area contributed by atoms with Crippen LogP contribution in [0.3, 0.4) is 0 Å². The van der Waals surface area contributed by atoms with Crippen molar-refractivity contribution in [1.29, 1.82) is 5.26 Å². The summed E-state index contributed by atoms with van der Waals surface area (Å²) in [5.41, 5.74) is -1.70. The van der Waals surface area contributed by atoms with Gasteiger partial charge in [0.25, 0.3) is 17.2 Å². The van der Waals surface area contributed by atoms with Crippen LogP contribution in [0.15, 0.2) is 42.5 Å². The predicted octanol–water partition coefficient (Wildman–Crippen LogP) is 4.06. The number of esters is 1. The zero-order valence-corrected chi connectivity index (χ0v) is 23.0. The molecule has 38 heavy (non-hydrogen) atoms. The third-order valence-electron chi connectivity index (χ3n) is 5.62. The smallest absolute Gasteiger partial charge is 0.345 e. The van der Waals surface area contributed by atoms with E-state index in [9.17, 15) is 34.9 Å². The van der Waals surface area contributed by atoms with Crippen LogP contribution in [0.4, 0.5) is 5.82 Å². The Bertz CT molecular complexity index is 1530. The molecule has 1 saturated heterocycles. The average molecular weight is 617 g/mol. The highest BCUT2D eigenvalue weighted by Crippen LogP contribution is 2.53. The van der Waals surface area contributed by atoms with Crippen molar-refractivity contribution in [1.82, 2.24) is 9.41 Å². The lowest BCUT2D eigenvalue weighted by atomic mass is 9.81. The lowest BCUT2D eigenvalue weighted by Gasteiger charge is -2.49. The second-order valence-electron chi connectivity index (χ2n) is 7.59. The fourth-order valence-corrected chi connectivity index (χ4v) is 7.62. The number of ether oxygens (including phenoxy) is 1. The van der Waals surface area contributed by atoms with Crippen LogP contribution in [-0.2, 0) is 19.1 Å². The summed E-state index contributed by atoms with van der Waals surface area (Å²) in [5, 5.41) is 30.3. The number of aromatic nitrogens is 1. The molecular weight excluding hydrogens is 603 g/mol. The van der Waals surface area contributed by atoms with Crippen LogP contribution in [0.1, 0.15) is 6.92 Å². The van der Waals surface area contributed by atoms with E-state index in [1.165, 1.54) is 23.5 Å². The number of nitro groups is 1. The molecule has 1 fully saturated rings. The van der Waals surface area contributed by atoms with E-state index >= 15 is 0 Å². The Hall–Kier alpha value is -3.19. The van der Waals surface area contributed by atoms with Crippen LogP contribution >= 0.6 is 48.9 Å². The van der Waals surface area contributed by atoms with Gasteiger partial charge in [0.1, 0.15) is 12.7 Å². The number of hydrazine groups is 2. The Morgan fingerprint density at radius 1 is 1.32 bits per heavy atom. The van der Waals surface area contributed by atoms with E-state index in [0.717, 1.165) is 6.07 Å². The maximum Gasteiger partial charge on any atom is 0.345 e. The summed E-state index contributed by atoms with van der Waals surface area (Å²) in [6, 6.07) is 12.3. The largest absolute Gasteiger partial charge is 0.504 e. The number of halogens is 3. The number of carbonyl (C=O) groups excluding carboxylic acids is 3. The Kier molecular flexibility index (Phi) is 7.71. The summed E-state index contributed by atoms with van der Waals surface area (Å²) in [6.45, 7) is -0.665. The van der Waals surface area contributed by atoms with Crippen molar-refractivity contribution in [2.45, 2.75) is 17.8 Å². The monoisotopic (exact) mass is 615 g/mol. The molecule has 3 aromatic rings. The second kappa shape index (κ2) is 10.5. The van der Waals surface area contributed by atoms with E-state index in [0.29, 0.717) is 24.2 Å². The Labute approximate surface area is 231 Å². The molecule has 1 aliphatic heterocycles. The summed E-state index contributed by atoms with van der Waals surface area (Å²) < 4.78 is 6.14. The van der Waals surface area contributed by atoms with Crippen molar-refractivity contribution >= 4 is 82.9 Å². The van der Waals surface area contributed by atoms with Gasteiger partial charge in [-0.15, -0.1) is 11.6 Å². The number of Topliss-reactive ketones (excluding diaryl/α,β-unsaturated/α-hetero) is 1. The summed E-state index contributed by atoms with van der Waals surface area (Å²) >= 11 is 18.6. The number of alkyl halides is 1. The van der Waals surface area contributed by atoms with Gasteiger partial charge < -0.3 is 9.84 Å². The van der Waals surface area contributed by atoms with Crippen molar-refractivity contribution in [3.05, 3.63) is 52.6 Å². The molecule has 0 radical (unpaired) electrons. The molecule has 2 unspecified atom stereocenters. The number of aromatic hydroxyl groups is 1. The zero-order chi connectivity index (χ0) is 27.9. The summed E-state index contributed by atoms with van der Waals surface area (Å²) in [4.78, 5) is 51.3. The van der Waals surface area contributed by atoms with Crippen molar-refractivity contribution < 1.29 is 29.3 Å². The van der Waals surface area contributed by atoms with Gasteiger partial charge in [-0.1, -0.05) is 52.8 Å². The van der Waals surface area contributed by atoms with Crippen molar-refractivity contribution in [2.24, 2.45) is 0 Å². The van der Waals surface area contributed by atoms with Crippen molar-refractivity contribution in [3.8, 4) is 22.8 Å². The highest BCUT2D eigenvalue weighted by molar-refractivity contribution is 8.12. The number of ketones is 1. The minimum atomic E-state index is -2.90. The van der Waals surface area contributed by atoms with Gasteiger partial charge in [-0.25, -0.2) is 14.9 Å². The number of fused-ring (bicyclic) bond motifs is 1. The van der Waals surface area contributed by atoms with Gasteiger partial charge in [-0.3, -0.25) is 14.0 Å². The van der Waals surface area contributed by atoms with Crippen LogP contribution < -0.4 is 10.2 Å². The normalized spacial score (nSPS) is 18.9. The topological polar surface area (TPSA) is 158 Å². The molecule has 0 spiro atoms. The fraction of sp³-hybridized carbons (Fsp3) is 0.190. The molecule has 12 nitrogen and oxygen atoms in total. The Balaban J connectivity index is 2.09. The number of hydrogen-bond donors (Lipinski definition) is 1. The summed E-state index contributed by atoms with van der Waals surface area (Å²) in [7, 11) is 0.440. The van der Waals surface area contributed by atoms with Gasteiger partial charge >= 0.3 is 5.97 Å². The maximum atomic E-state index is 13.0. The van der Waals surface area contributed by atoms with Gasteiger partial charge in [0.2, 0.25) is 5.82 Å². The number of nitrogens with zero attached hydrogens (tertiary/aromatic N) is 5. The number of amides is 1. The number of benzene rings is 1. The highest BCUT2D eigenvalue weighted by atomic mass is 35.9. The zero-order valence-electron chi connectivity index (χ0n) is 19.0. The number of hydrogen-bond acceptors (Lipinski definition) is 8. The van der Waals surface area contributed by atoms with E-state index in [2.05, 4.69) is 0 Å². The van der Waals surface area contributed by atoms with Gasteiger partial charge in [0.15, 0.2) is 16.2 Å². The van der Waals surface area contributed by atoms with Crippen LogP contribution in [-0.4, -0.2) is 54.7 Å². The quantitative estimate of drug-likeness (QED) is 0.0576. The van der Waals surface area contributed by atoms with Crippen LogP contribution in [0.5, 0.6) is 5.75 Å². The SMILES string of the molecule is CCOC(=O)C1(C(=O)C#N)C(Cl)C(=O)N1N(c1c(O)ccc2c(P(Cl)Cl)pc(-c3ccccc3)n12)[N+](=O)[O-]. The molecule has 1 N–H and O–H groups in total. The standard InChI is InChI=1S/C21H14Cl3N5O7P2/c1-2-36-20(33)21(14(31)10-25)15(22)17(32)27(21)28(29(34)35)16-13(30)9-8-12-19(38(23)24)37-18(26(12)16)11-6-4-3-5-7-11/h3-9,15,30H,2H2,1H3. The minimum Gasteiger partial charge on any atom is -0.504 e. The van der Waals surface area contributed by atoms with Crippen LogP contribution in [0, 0.1) is 21.4 Å². The van der Waals surface area contributed by atoms with E-state index < -0.39 is 51.8 Å². The molecule has 0 aliphatic carbocycles. The number of anilines is 1. The first-order valence-electron chi connectivity index (χ1n) is 10.5. The van der Waals surface area contributed by atoms with Gasteiger partial charge in [-0.05, 0) is 27.2 Å². The molecule has 3 heterocycles. The third-order valence-corrected chi connectivity index (χ3v) is 10.4. The minimum absolute atomic E-state index is 0.0122. The lowest BCUT2D eigenvalue weighted by Crippen LogP contribution is -2.84. The second-order valence-corrected chi connectivity index (χ2v) is 12.9. The molecule has 2 atom stereocenters. The molecule has 0 bridgehead atoms. The summed E-state index contributed by atoms with van der Waals surface area (Å²) in [5.74, 6) is -5.62. The number of rotatable bonds is 8. The van der Waals surface area contributed by atoms with Crippen LogP contribution in [0.2, 0.25) is 0 Å². The summed E-state index contributed by atoms with van der Waals surface area (Å²) in [6.07, 6.45) is 0. The Morgan fingerprint density at radius 3 is 2.53 bits per heavy atom. The fourth-order valence-electron chi connectivity index (χ4n) is 4.04. The molecule has 4 rings (SSSR count). The van der Waals surface area contributed by atoms with Crippen molar-refractivity contribution in [2.75, 3.05) is 11.7 Å². The molecule has 1 aliphatic rings. The molecule has 2 aromatic heterocycles. The molecule has 1 aromatic carbocycles. The first-order valence-corrected chi connectivity index (χ1v) is 15.0. The number of β-lactam (4-membered cyclic amide) rings is 1. The maximum absolute atomic E-state index is 13.0. The first-order chi connectivity index (χ1) is 18.0. The van der Waals surface area contributed by atoms with E-state index in [4.69, 9.17) is 38.8 Å². The molecule has 17 heteroatoms. The van der Waals surface area contributed by atoms with E-state index in [-0.39, 0.29) is 22.3 Å². The number of carbonyl (C=O) groups is 3. The highest BCUT2D eigenvalue weighted by Gasteiger charge is 2.75. The van der Waals surface area contributed by atoms with E-state index in [1.807, 2.05) is 0 Å². The Morgan fingerprint density at radius 2 is 1.97 bits per heavy atom. The van der Waals surface area contributed by atoms with Gasteiger partial charge in [0, 0.05) is 10.7 Å². The van der Waals surface area contributed by atoms with Crippen LogP contribution in [0.25, 0.3) is 16.5 Å². The molecule has 0 saturated carbocycles. The average Bonchev–Trinajstić information content (AvgIpc) is 3.29. The molecule has 1 amide bonds. The van der Waals surface area contributed by atoms with Gasteiger partial charge in [0.05, 0.1) is 22.6 Å². The van der Waals surface area contributed by atoms with Crippen molar-refractivity contribution in [3.63, 3.8) is 0 Å². The lowest BCUT2D eigenvalue weighted by molar-refractivity contribution is -0.525. The molecule has 196 valence electrons. The number of pyridine rings is 1. The number of nitriles is 1.